The first-order chi connectivity index (χ1) is 32.0. The molecule has 0 radical (unpaired) electrons. The molecule has 12 nitrogen and oxygen atoms in total. The van der Waals surface area contributed by atoms with Gasteiger partial charge in [0.1, 0.15) is 24.4 Å². The number of carbonyl (C=O) groups excluding carboxylic acids is 4. The predicted molar refractivity (Wildman–Crippen MR) is 271 cm³/mol. The minimum Gasteiger partial charge on any atom is -0.462 e. The van der Waals surface area contributed by atoms with Crippen LogP contribution in [0.15, 0.2) is 0 Å². The maximum absolute atomic E-state index is 13.0. The van der Waals surface area contributed by atoms with E-state index in [2.05, 4.69) is 75.0 Å². The summed E-state index contributed by atoms with van der Waals surface area (Å²) in [5.74, 6) is -0.579. The predicted octanol–water partition coefficient (Wildman–Crippen LogP) is 11.2. The van der Waals surface area contributed by atoms with E-state index in [1.807, 2.05) is 0 Å². The molecule has 0 aliphatic carbocycles. The molecule has 388 valence electrons. The van der Waals surface area contributed by atoms with Crippen LogP contribution in [-0.4, -0.2) is 146 Å². The van der Waals surface area contributed by atoms with Gasteiger partial charge in [0, 0.05) is 52.4 Å². The summed E-state index contributed by atoms with van der Waals surface area (Å²) in [7, 11) is 0. The highest BCUT2D eigenvalue weighted by atomic mass is 16.6. The van der Waals surface area contributed by atoms with Crippen LogP contribution >= 0.6 is 0 Å². The molecule has 0 amide bonds. The number of carbonyl (C=O) groups is 4. The van der Waals surface area contributed by atoms with Gasteiger partial charge in [0.05, 0.1) is 25.7 Å². The van der Waals surface area contributed by atoms with Crippen molar-refractivity contribution in [2.75, 3.05) is 78.5 Å². The lowest BCUT2D eigenvalue weighted by atomic mass is 10.1. The highest BCUT2D eigenvalue weighted by molar-refractivity contribution is 5.71. The fraction of sp³-hybridized carbons (Fsp3) is 0.926. The first-order valence-electron chi connectivity index (χ1n) is 27.7. The van der Waals surface area contributed by atoms with E-state index in [9.17, 15) is 19.2 Å². The Balaban J connectivity index is 2.73. The van der Waals surface area contributed by atoms with Gasteiger partial charge in [0.15, 0.2) is 0 Å². The van der Waals surface area contributed by atoms with Crippen molar-refractivity contribution >= 4 is 23.9 Å². The summed E-state index contributed by atoms with van der Waals surface area (Å²) in [6, 6.07) is 0. The van der Waals surface area contributed by atoms with E-state index in [0.29, 0.717) is 51.9 Å². The van der Waals surface area contributed by atoms with E-state index in [0.717, 1.165) is 194 Å². The van der Waals surface area contributed by atoms with Gasteiger partial charge in [0.2, 0.25) is 0 Å². The Bertz CT molecular complexity index is 1040. The summed E-state index contributed by atoms with van der Waals surface area (Å²) < 4.78 is 23.5. The van der Waals surface area contributed by atoms with Crippen LogP contribution in [0, 0.1) is 0 Å². The molecular weight excluding hydrogens is 833 g/mol. The molecule has 1 heterocycles. The van der Waals surface area contributed by atoms with Crippen LogP contribution < -0.4 is 0 Å². The van der Waals surface area contributed by atoms with Crippen LogP contribution in [0.5, 0.6) is 0 Å². The van der Waals surface area contributed by atoms with Crippen molar-refractivity contribution in [2.45, 2.75) is 247 Å². The smallest absolute Gasteiger partial charge is 0.307 e. The van der Waals surface area contributed by atoms with Gasteiger partial charge in [-0.3, -0.25) is 19.2 Å². The van der Waals surface area contributed by atoms with Crippen LogP contribution in [0.25, 0.3) is 0 Å². The second kappa shape index (κ2) is 41.7. The van der Waals surface area contributed by atoms with Gasteiger partial charge in [-0.15, -0.1) is 0 Å². The number of hydrogen-bond acceptors (Lipinski definition) is 12. The average molecular weight is 937 g/mol. The molecule has 0 aromatic rings. The van der Waals surface area contributed by atoms with E-state index < -0.39 is 0 Å². The Kier molecular flexibility index (Phi) is 39.0. The second-order valence-corrected chi connectivity index (χ2v) is 19.1. The zero-order valence-electron chi connectivity index (χ0n) is 44.2. The van der Waals surface area contributed by atoms with E-state index in [4.69, 9.17) is 18.9 Å². The third-order valence-electron chi connectivity index (χ3n) is 13.4. The number of rotatable bonds is 44. The molecule has 1 aliphatic rings. The maximum Gasteiger partial charge on any atom is 0.307 e. The largest absolute Gasteiger partial charge is 0.462 e. The molecule has 1 aliphatic heterocycles. The highest BCUT2D eigenvalue weighted by Gasteiger charge is 2.22. The van der Waals surface area contributed by atoms with E-state index in [1.165, 1.54) is 0 Å². The standard InChI is InChI=1S/C54H104N4O8/c1-9-17-21-27-47(13-5)63-51(59)31-39-55(40-32-52(60)64-48(14-6)28-22-18-10-2)35-25-37-57-43-45-58(46-44-57)38-26-36-56(41-33-53(61)65-49(15-7)29-23-19-11-3)42-34-54(62)66-50(16-8)30-24-20-12-4/h47-50H,9-46H2,1-8H3. The number of nitrogens with zero attached hydrogens (tertiary/aromatic N) is 4. The van der Waals surface area contributed by atoms with Crippen molar-refractivity contribution in [3.8, 4) is 0 Å². The summed E-state index contributed by atoms with van der Waals surface area (Å²) in [5.41, 5.74) is 0. The molecule has 4 unspecified atom stereocenters. The van der Waals surface area contributed by atoms with Crippen LogP contribution in [0.4, 0.5) is 0 Å². The molecule has 1 saturated heterocycles. The maximum atomic E-state index is 13.0. The first-order valence-corrected chi connectivity index (χ1v) is 27.7. The minimum absolute atomic E-state index is 0.0210. The molecule has 0 bridgehead atoms. The summed E-state index contributed by atoms with van der Waals surface area (Å²) in [4.78, 5) is 61.4. The van der Waals surface area contributed by atoms with Crippen LogP contribution in [0.1, 0.15) is 222 Å². The molecule has 12 heteroatoms. The molecule has 0 aromatic carbocycles. The molecule has 1 rings (SSSR count). The molecule has 4 atom stereocenters. The Morgan fingerprint density at radius 2 is 0.606 bits per heavy atom. The lowest BCUT2D eigenvalue weighted by Gasteiger charge is -2.35. The number of piperazine rings is 1. The molecule has 0 spiro atoms. The fourth-order valence-corrected chi connectivity index (χ4v) is 8.79. The molecule has 0 saturated carbocycles. The number of ether oxygens (including phenoxy) is 4. The third kappa shape index (κ3) is 32.5. The number of unbranched alkanes of at least 4 members (excludes halogenated alkanes) is 8. The van der Waals surface area contributed by atoms with Crippen molar-refractivity contribution in [3.05, 3.63) is 0 Å². The Morgan fingerprint density at radius 1 is 0.364 bits per heavy atom. The van der Waals surface area contributed by atoms with Crippen molar-refractivity contribution in [1.82, 2.24) is 19.6 Å². The Hall–Kier alpha value is -2.28. The SMILES string of the molecule is CCCCCC(CC)OC(=O)CCN(CCCN1CCN(CCCN(CCC(=O)OC(CC)CCCCC)CCC(=O)OC(CC)CCCCC)CC1)CCC(=O)OC(CC)CCCCC. The van der Waals surface area contributed by atoms with Crippen LogP contribution in [0.3, 0.4) is 0 Å². The summed E-state index contributed by atoms with van der Waals surface area (Å²) in [5, 5.41) is 0. The van der Waals surface area contributed by atoms with Crippen molar-refractivity contribution in [1.29, 1.82) is 0 Å². The summed E-state index contributed by atoms with van der Waals surface area (Å²) in [6.45, 7) is 27.0. The van der Waals surface area contributed by atoms with Crippen molar-refractivity contribution in [3.63, 3.8) is 0 Å². The molecule has 0 N–H and O–H groups in total. The number of esters is 4. The lowest BCUT2D eigenvalue weighted by Crippen LogP contribution is -2.47. The minimum atomic E-state index is -0.145. The summed E-state index contributed by atoms with van der Waals surface area (Å²) >= 11 is 0. The van der Waals surface area contributed by atoms with Gasteiger partial charge >= 0.3 is 23.9 Å². The normalized spacial score (nSPS) is 15.4. The monoisotopic (exact) mass is 937 g/mol. The van der Waals surface area contributed by atoms with Crippen molar-refractivity contribution in [2.24, 2.45) is 0 Å². The quantitative estimate of drug-likeness (QED) is 0.0329. The van der Waals surface area contributed by atoms with Gasteiger partial charge in [-0.2, -0.15) is 0 Å². The molecule has 66 heavy (non-hydrogen) atoms. The summed E-state index contributed by atoms with van der Waals surface area (Å²) in [6.07, 6.45) is 23.7. The molecule has 1 fully saturated rings. The number of hydrogen-bond donors (Lipinski definition) is 0. The van der Waals surface area contributed by atoms with E-state index in [-0.39, 0.29) is 48.3 Å². The van der Waals surface area contributed by atoms with Gasteiger partial charge in [-0.1, -0.05) is 107 Å². The van der Waals surface area contributed by atoms with Gasteiger partial charge in [-0.05, 0) is 116 Å². The highest BCUT2D eigenvalue weighted by Crippen LogP contribution is 2.16. The van der Waals surface area contributed by atoms with Crippen LogP contribution in [0.2, 0.25) is 0 Å². The fourth-order valence-electron chi connectivity index (χ4n) is 8.79. The van der Waals surface area contributed by atoms with Gasteiger partial charge in [-0.25, -0.2) is 0 Å². The zero-order chi connectivity index (χ0) is 48.6. The molecule has 0 aromatic heterocycles. The Morgan fingerprint density at radius 3 is 0.818 bits per heavy atom. The molecular formula is C54H104N4O8. The first kappa shape index (κ1) is 61.7. The second-order valence-electron chi connectivity index (χ2n) is 19.1. The van der Waals surface area contributed by atoms with Crippen LogP contribution in [-0.2, 0) is 38.1 Å². The van der Waals surface area contributed by atoms with E-state index >= 15 is 0 Å². The third-order valence-corrected chi connectivity index (χ3v) is 13.4. The zero-order valence-corrected chi connectivity index (χ0v) is 44.2. The van der Waals surface area contributed by atoms with Gasteiger partial charge < -0.3 is 38.5 Å². The lowest BCUT2D eigenvalue weighted by molar-refractivity contribution is -0.152. The van der Waals surface area contributed by atoms with E-state index in [1.54, 1.807) is 0 Å². The average Bonchev–Trinajstić information content (AvgIpc) is 3.32. The van der Waals surface area contributed by atoms with Crippen molar-refractivity contribution < 1.29 is 38.1 Å². The Labute approximate surface area is 405 Å². The topological polar surface area (TPSA) is 118 Å². The van der Waals surface area contributed by atoms with Gasteiger partial charge in [0.25, 0.3) is 0 Å².